The number of Topliss-reactive ketones (excluding diaryl/α,β-unsaturated/α-hetero) is 1. The molecule has 0 saturated carbocycles. The standard InChI is InChI=1S/C14H19F2NO/c1-10(2)6-7-17(3)9-14(18)12-8-11(15)4-5-13(12)16/h4-5,8,10H,6-7,9H2,1-3H3. The molecule has 100 valence electrons. The third-order valence-electron chi connectivity index (χ3n) is 2.73. The summed E-state index contributed by atoms with van der Waals surface area (Å²) < 4.78 is 26.3. The van der Waals surface area contributed by atoms with Gasteiger partial charge in [0.25, 0.3) is 0 Å². The highest BCUT2D eigenvalue weighted by Gasteiger charge is 2.14. The molecule has 0 radical (unpaired) electrons. The molecule has 0 spiro atoms. The molecule has 0 heterocycles. The van der Waals surface area contributed by atoms with Crippen LogP contribution in [0.2, 0.25) is 0 Å². The summed E-state index contributed by atoms with van der Waals surface area (Å²) in [5, 5.41) is 0. The number of halogens is 2. The Balaban J connectivity index is 2.62. The maximum atomic E-state index is 13.4. The number of likely N-dealkylation sites (N-methyl/N-ethyl adjacent to an activating group) is 1. The second-order valence-corrected chi connectivity index (χ2v) is 4.97. The van der Waals surface area contributed by atoms with Crippen molar-refractivity contribution in [2.45, 2.75) is 20.3 Å². The zero-order chi connectivity index (χ0) is 13.7. The van der Waals surface area contributed by atoms with Crippen LogP contribution in [0.5, 0.6) is 0 Å². The Morgan fingerprint density at radius 3 is 2.61 bits per heavy atom. The number of carbonyl (C=O) groups excluding carboxylic acids is 1. The third-order valence-corrected chi connectivity index (χ3v) is 2.73. The molecule has 0 aromatic heterocycles. The highest BCUT2D eigenvalue weighted by molar-refractivity contribution is 5.97. The predicted octanol–water partition coefficient (Wildman–Crippen LogP) is 3.13. The van der Waals surface area contributed by atoms with Gasteiger partial charge < -0.3 is 0 Å². The maximum absolute atomic E-state index is 13.4. The monoisotopic (exact) mass is 255 g/mol. The lowest BCUT2D eigenvalue weighted by Gasteiger charge is -2.17. The van der Waals surface area contributed by atoms with Gasteiger partial charge in [-0.05, 0) is 44.1 Å². The molecule has 0 unspecified atom stereocenters. The minimum atomic E-state index is -0.668. The van der Waals surface area contributed by atoms with Crippen molar-refractivity contribution in [1.29, 1.82) is 0 Å². The van der Waals surface area contributed by atoms with E-state index in [1.807, 2.05) is 4.90 Å². The maximum Gasteiger partial charge on any atom is 0.179 e. The second kappa shape index (κ2) is 6.59. The molecule has 0 aliphatic carbocycles. The first-order valence-electron chi connectivity index (χ1n) is 6.07. The molecule has 1 aromatic carbocycles. The molecule has 2 nitrogen and oxygen atoms in total. The SMILES string of the molecule is CC(C)CCN(C)CC(=O)c1cc(F)ccc1F. The minimum absolute atomic E-state index is 0.104. The summed E-state index contributed by atoms with van der Waals surface area (Å²) in [5.74, 6) is -1.10. The van der Waals surface area contributed by atoms with Gasteiger partial charge in [-0.25, -0.2) is 8.78 Å². The van der Waals surface area contributed by atoms with Crippen LogP contribution in [-0.4, -0.2) is 30.8 Å². The van der Waals surface area contributed by atoms with E-state index in [0.29, 0.717) is 5.92 Å². The van der Waals surface area contributed by atoms with Crippen LogP contribution in [-0.2, 0) is 0 Å². The number of carbonyl (C=O) groups is 1. The van der Waals surface area contributed by atoms with Crippen LogP contribution in [0.25, 0.3) is 0 Å². The fourth-order valence-electron chi connectivity index (χ4n) is 1.60. The van der Waals surface area contributed by atoms with Gasteiger partial charge in [0.15, 0.2) is 5.78 Å². The second-order valence-electron chi connectivity index (χ2n) is 4.97. The van der Waals surface area contributed by atoms with E-state index in [1.165, 1.54) is 0 Å². The lowest BCUT2D eigenvalue weighted by Crippen LogP contribution is -2.28. The van der Waals surface area contributed by atoms with Crippen LogP contribution < -0.4 is 0 Å². The smallest absolute Gasteiger partial charge is 0.179 e. The fourth-order valence-corrected chi connectivity index (χ4v) is 1.60. The number of benzene rings is 1. The van der Waals surface area contributed by atoms with Crippen molar-refractivity contribution in [3.8, 4) is 0 Å². The molecular formula is C14H19F2NO. The molecule has 1 aromatic rings. The predicted molar refractivity (Wildman–Crippen MR) is 67.6 cm³/mol. The molecule has 4 heteroatoms. The van der Waals surface area contributed by atoms with Crippen molar-refractivity contribution < 1.29 is 13.6 Å². The molecule has 0 aliphatic rings. The number of nitrogens with zero attached hydrogens (tertiary/aromatic N) is 1. The highest BCUT2D eigenvalue weighted by atomic mass is 19.1. The summed E-state index contributed by atoms with van der Waals surface area (Å²) in [6.45, 7) is 5.07. The van der Waals surface area contributed by atoms with Crippen LogP contribution in [0.3, 0.4) is 0 Å². The van der Waals surface area contributed by atoms with Crippen molar-refractivity contribution in [2.75, 3.05) is 20.1 Å². The van der Waals surface area contributed by atoms with E-state index in [2.05, 4.69) is 13.8 Å². The molecule has 0 N–H and O–H groups in total. The summed E-state index contributed by atoms with van der Waals surface area (Å²) >= 11 is 0. The van der Waals surface area contributed by atoms with Crippen molar-refractivity contribution in [3.63, 3.8) is 0 Å². The summed E-state index contributed by atoms with van der Waals surface area (Å²) in [6, 6.07) is 2.94. The zero-order valence-electron chi connectivity index (χ0n) is 11.0. The highest BCUT2D eigenvalue weighted by Crippen LogP contribution is 2.11. The van der Waals surface area contributed by atoms with E-state index in [-0.39, 0.29) is 12.1 Å². The van der Waals surface area contributed by atoms with Crippen LogP contribution in [0.4, 0.5) is 8.78 Å². The molecule has 0 bridgehead atoms. The molecule has 0 fully saturated rings. The quantitative estimate of drug-likeness (QED) is 0.728. The number of rotatable bonds is 6. The van der Waals surface area contributed by atoms with Gasteiger partial charge in [-0.1, -0.05) is 13.8 Å². The Labute approximate surface area is 107 Å². The van der Waals surface area contributed by atoms with Gasteiger partial charge >= 0.3 is 0 Å². The Morgan fingerprint density at radius 1 is 1.33 bits per heavy atom. The molecule has 1 rings (SSSR count). The molecule has 0 amide bonds. The van der Waals surface area contributed by atoms with Crippen molar-refractivity contribution in [1.82, 2.24) is 4.90 Å². The first kappa shape index (κ1) is 14.8. The van der Waals surface area contributed by atoms with Gasteiger partial charge in [0.05, 0.1) is 12.1 Å². The van der Waals surface area contributed by atoms with Gasteiger partial charge in [-0.15, -0.1) is 0 Å². The molecule has 18 heavy (non-hydrogen) atoms. The minimum Gasteiger partial charge on any atom is -0.299 e. The van der Waals surface area contributed by atoms with Crippen molar-refractivity contribution in [2.24, 2.45) is 5.92 Å². The van der Waals surface area contributed by atoms with E-state index >= 15 is 0 Å². The van der Waals surface area contributed by atoms with Gasteiger partial charge in [0.1, 0.15) is 11.6 Å². The Hall–Kier alpha value is -1.29. The largest absolute Gasteiger partial charge is 0.299 e. The average molecular weight is 255 g/mol. The van der Waals surface area contributed by atoms with Gasteiger partial charge in [-0.3, -0.25) is 9.69 Å². The lowest BCUT2D eigenvalue weighted by molar-refractivity contribution is 0.0939. The summed E-state index contributed by atoms with van der Waals surface area (Å²) in [4.78, 5) is 13.7. The van der Waals surface area contributed by atoms with E-state index in [1.54, 1.807) is 7.05 Å². The Kier molecular flexibility index (Phi) is 5.41. The van der Waals surface area contributed by atoms with Crippen LogP contribution >= 0.6 is 0 Å². The topological polar surface area (TPSA) is 20.3 Å². The normalized spacial score (nSPS) is 11.3. The first-order valence-corrected chi connectivity index (χ1v) is 6.07. The Morgan fingerprint density at radius 2 is 2.00 bits per heavy atom. The van der Waals surface area contributed by atoms with Crippen LogP contribution in [0.15, 0.2) is 18.2 Å². The summed E-state index contributed by atoms with van der Waals surface area (Å²) in [7, 11) is 1.80. The van der Waals surface area contributed by atoms with Crippen LogP contribution in [0.1, 0.15) is 30.6 Å². The first-order chi connectivity index (χ1) is 8.40. The molecule has 0 saturated heterocycles. The summed E-state index contributed by atoms with van der Waals surface area (Å²) in [6.07, 6.45) is 0.968. The van der Waals surface area contributed by atoms with Gasteiger partial charge in [0.2, 0.25) is 0 Å². The van der Waals surface area contributed by atoms with Crippen molar-refractivity contribution in [3.05, 3.63) is 35.4 Å². The third kappa shape index (κ3) is 4.53. The Bertz CT molecular complexity index is 418. The van der Waals surface area contributed by atoms with Crippen molar-refractivity contribution >= 4 is 5.78 Å². The fraction of sp³-hybridized carbons (Fsp3) is 0.500. The molecule has 0 aliphatic heterocycles. The zero-order valence-corrected chi connectivity index (χ0v) is 11.0. The summed E-state index contributed by atoms with van der Waals surface area (Å²) in [5.41, 5.74) is -0.175. The lowest BCUT2D eigenvalue weighted by atomic mass is 10.1. The van der Waals surface area contributed by atoms with E-state index in [0.717, 1.165) is 31.2 Å². The van der Waals surface area contributed by atoms with E-state index in [4.69, 9.17) is 0 Å². The number of ketones is 1. The average Bonchev–Trinajstić information content (AvgIpc) is 2.29. The van der Waals surface area contributed by atoms with Gasteiger partial charge in [-0.2, -0.15) is 0 Å². The van der Waals surface area contributed by atoms with E-state index in [9.17, 15) is 13.6 Å². The van der Waals surface area contributed by atoms with E-state index < -0.39 is 17.4 Å². The molecular weight excluding hydrogens is 236 g/mol. The number of hydrogen-bond donors (Lipinski definition) is 0. The number of hydrogen-bond acceptors (Lipinski definition) is 2. The van der Waals surface area contributed by atoms with Gasteiger partial charge in [0, 0.05) is 0 Å². The van der Waals surface area contributed by atoms with Crippen LogP contribution in [0, 0.1) is 17.6 Å². The molecule has 0 atom stereocenters.